The normalized spacial score (nSPS) is 15.9. The molecule has 160 valence electrons. The minimum absolute atomic E-state index is 0.0363. The quantitative estimate of drug-likeness (QED) is 0.727. The molecule has 9 heteroatoms. The first-order valence-electron chi connectivity index (χ1n) is 9.98. The molecule has 8 nitrogen and oxygen atoms in total. The van der Waals surface area contributed by atoms with E-state index in [-0.39, 0.29) is 36.0 Å². The molecule has 0 unspecified atom stereocenters. The highest BCUT2D eigenvalue weighted by Gasteiger charge is 2.36. The number of nitriles is 1. The minimum Gasteiger partial charge on any atom is -0.337 e. The van der Waals surface area contributed by atoms with Gasteiger partial charge in [-0.25, -0.2) is 13.4 Å². The van der Waals surface area contributed by atoms with E-state index in [1.165, 1.54) is 10.5 Å². The average molecular weight is 430 g/mol. The number of carbonyl (C=O) groups is 1. The van der Waals surface area contributed by atoms with Gasteiger partial charge in [0.05, 0.1) is 11.6 Å². The average Bonchev–Trinajstić information content (AvgIpc) is 3.07. The number of piperidine rings is 1. The Morgan fingerprint density at radius 1 is 1.30 bits per heavy atom. The van der Waals surface area contributed by atoms with Gasteiger partial charge in [0.2, 0.25) is 5.91 Å². The lowest BCUT2D eigenvalue weighted by Crippen LogP contribution is -2.46. The van der Waals surface area contributed by atoms with Crippen LogP contribution in [0.3, 0.4) is 0 Å². The lowest BCUT2D eigenvalue weighted by atomic mass is 9.95. The summed E-state index contributed by atoms with van der Waals surface area (Å²) in [4.78, 5) is 19.1. The lowest BCUT2D eigenvalue weighted by molar-refractivity contribution is -0.123. The van der Waals surface area contributed by atoms with Crippen LogP contribution in [0.25, 0.3) is 0 Å². The molecule has 0 radical (unpaired) electrons. The van der Waals surface area contributed by atoms with Crippen molar-refractivity contribution in [3.63, 3.8) is 0 Å². The summed E-state index contributed by atoms with van der Waals surface area (Å²) in [6.45, 7) is 6.17. The molecule has 2 aromatic rings. The summed E-state index contributed by atoms with van der Waals surface area (Å²) >= 11 is 0. The topological polar surface area (TPSA) is 99.3 Å². The summed E-state index contributed by atoms with van der Waals surface area (Å²) in [6, 6.07) is 9.02. The number of sulfonamides is 1. The van der Waals surface area contributed by atoms with Crippen molar-refractivity contribution in [3.8, 4) is 6.07 Å². The number of aromatic nitrogens is 2. The summed E-state index contributed by atoms with van der Waals surface area (Å²) in [7, 11) is -1.91. The Kier molecular flexibility index (Phi) is 6.29. The highest BCUT2D eigenvalue weighted by Crippen LogP contribution is 2.28. The number of hydrogen-bond acceptors (Lipinski definition) is 5. The molecule has 0 bridgehead atoms. The van der Waals surface area contributed by atoms with E-state index in [9.17, 15) is 13.2 Å². The van der Waals surface area contributed by atoms with Gasteiger partial charge < -0.3 is 9.47 Å². The first kappa shape index (κ1) is 22.0. The largest absolute Gasteiger partial charge is 0.337 e. The number of hydrogen-bond donors (Lipinski definition) is 0. The number of anilines is 1. The van der Waals surface area contributed by atoms with Crippen LogP contribution >= 0.6 is 0 Å². The highest BCUT2D eigenvalue weighted by atomic mass is 32.2. The number of rotatable bonds is 5. The van der Waals surface area contributed by atoms with E-state index < -0.39 is 10.0 Å². The minimum atomic E-state index is -3.67. The summed E-state index contributed by atoms with van der Waals surface area (Å²) < 4.78 is 28.9. The number of benzene rings is 1. The van der Waals surface area contributed by atoms with Gasteiger partial charge in [-0.3, -0.25) is 4.79 Å². The van der Waals surface area contributed by atoms with Crippen molar-refractivity contribution in [2.45, 2.75) is 44.7 Å². The highest BCUT2D eigenvalue weighted by molar-refractivity contribution is 7.89. The fourth-order valence-electron chi connectivity index (χ4n) is 3.73. The first-order valence-corrected chi connectivity index (χ1v) is 11.4. The van der Waals surface area contributed by atoms with Crippen LogP contribution in [0.5, 0.6) is 0 Å². The molecule has 1 aromatic carbocycles. The molecule has 0 saturated carbocycles. The molecule has 0 aliphatic carbocycles. The van der Waals surface area contributed by atoms with Crippen molar-refractivity contribution in [2.75, 3.05) is 18.0 Å². The maximum atomic E-state index is 13.3. The molecule has 1 saturated heterocycles. The molecule has 1 aliphatic rings. The number of imidazole rings is 1. The molecule has 1 aliphatic heterocycles. The van der Waals surface area contributed by atoms with Crippen LogP contribution in [0.1, 0.15) is 38.1 Å². The summed E-state index contributed by atoms with van der Waals surface area (Å²) in [5.74, 6) is 0.326. The van der Waals surface area contributed by atoms with Crippen LogP contribution in [0.2, 0.25) is 0 Å². The van der Waals surface area contributed by atoms with Crippen LogP contribution in [0.4, 0.5) is 5.69 Å². The fourth-order valence-corrected chi connectivity index (χ4v) is 5.22. The van der Waals surface area contributed by atoms with E-state index in [0.717, 1.165) is 0 Å². The first-order chi connectivity index (χ1) is 14.1. The molecule has 2 heterocycles. The van der Waals surface area contributed by atoms with Gasteiger partial charge in [0.15, 0.2) is 5.03 Å². The molecule has 30 heavy (non-hydrogen) atoms. The zero-order valence-corrected chi connectivity index (χ0v) is 18.6. The predicted octanol–water partition coefficient (Wildman–Crippen LogP) is 2.44. The maximum Gasteiger partial charge on any atom is 0.262 e. The van der Waals surface area contributed by atoms with Gasteiger partial charge in [-0.15, -0.1) is 0 Å². The van der Waals surface area contributed by atoms with Gasteiger partial charge >= 0.3 is 0 Å². The monoisotopic (exact) mass is 429 g/mol. The third-order valence-corrected chi connectivity index (χ3v) is 7.27. The molecule has 0 N–H and O–H groups in total. The summed E-state index contributed by atoms with van der Waals surface area (Å²) in [5, 5.41) is 9.21. The van der Waals surface area contributed by atoms with E-state index in [1.807, 2.05) is 19.9 Å². The van der Waals surface area contributed by atoms with Crippen LogP contribution < -0.4 is 4.90 Å². The Bertz CT molecular complexity index is 1060. The molecular formula is C21H27N5O3S. The van der Waals surface area contributed by atoms with E-state index in [0.29, 0.717) is 29.9 Å². The standard InChI is InChI=1S/C21H27N5O3S/c1-15(2)26(19-7-5-6-17(12-19)13-22)21(27)18-8-10-25(11-9-18)30(28,29)20-14-24(4)16(3)23-20/h5-7,12,14-15,18H,8-11H2,1-4H3. The van der Waals surface area contributed by atoms with E-state index in [1.54, 1.807) is 41.6 Å². The summed E-state index contributed by atoms with van der Waals surface area (Å²) in [5.41, 5.74) is 1.19. The van der Waals surface area contributed by atoms with E-state index in [4.69, 9.17) is 5.26 Å². The number of aryl methyl sites for hydroxylation is 2. The molecule has 1 fully saturated rings. The van der Waals surface area contributed by atoms with E-state index >= 15 is 0 Å². The Morgan fingerprint density at radius 2 is 1.97 bits per heavy atom. The van der Waals surface area contributed by atoms with Crippen molar-refractivity contribution in [2.24, 2.45) is 13.0 Å². The number of nitrogens with zero attached hydrogens (tertiary/aromatic N) is 5. The molecular weight excluding hydrogens is 402 g/mol. The van der Waals surface area contributed by atoms with Gasteiger partial charge in [0, 0.05) is 44.0 Å². The van der Waals surface area contributed by atoms with Crippen molar-refractivity contribution >= 4 is 21.6 Å². The van der Waals surface area contributed by atoms with Gasteiger partial charge in [0.25, 0.3) is 10.0 Å². The van der Waals surface area contributed by atoms with Crippen LogP contribution in [0, 0.1) is 24.2 Å². The molecule has 3 rings (SSSR count). The third-order valence-electron chi connectivity index (χ3n) is 5.50. The van der Waals surface area contributed by atoms with Gasteiger partial charge in [0.1, 0.15) is 5.82 Å². The molecule has 0 spiro atoms. The van der Waals surface area contributed by atoms with Crippen LogP contribution in [0.15, 0.2) is 35.5 Å². The molecule has 1 aromatic heterocycles. The Hall–Kier alpha value is -2.70. The summed E-state index contributed by atoms with van der Waals surface area (Å²) in [6.07, 6.45) is 2.42. The van der Waals surface area contributed by atoms with Crippen LogP contribution in [-0.2, 0) is 21.9 Å². The lowest BCUT2D eigenvalue weighted by Gasteiger charge is -2.35. The second kappa shape index (κ2) is 8.58. The Morgan fingerprint density at radius 3 is 2.50 bits per heavy atom. The maximum absolute atomic E-state index is 13.3. The zero-order chi connectivity index (χ0) is 22.1. The van der Waals surface area contributed by atoms with Gasteiger partial charge in [-0.05, 0) is 51.8 Å². The van der Waals surface area contributed by atoms with Crippen LogP contribution in [-0.4, -0.2) is 47.3 Å². The Balaban J connectivity index is 1.74. The Labute approximate surface area is 177 Å². The zero-order valence-electron chi connectivity index (χ0n) is 17.7. The van der Waals surface area contributed by atoms with Crippen molar-refractivity contribution in [1.29, 1.82) is 5.26 Å². The second-order valence-electron chi connectivity index (χ2n) is 7.88. The predicted molar refractivity (Wildman–Crippen MR) is 113 cm³/mol. The molecule has 0 atom stereocenters. The van der Waals surface area contributed by atoms with E-state index in [2.05, 4.69) is 11.1 Å². The van der Waals surface area contributed by atoms with Crippen molar-refractivity contribution in [3.05, 3.63) is 41.9 Å². The van der Waals surface area contributed by atoms with Crippen molar-refractivity contribution in [1.82, 2.24) is 13.9 Å². The van der Waals surface area contributed by atoms with Crippen molar-refractivity contribution < 1.29 is 13.2 Å². The SMILES string of the molecule is Cc1nc(S(=O)(=O)N2CCC(C(=O)N(c3cccc(C#N)c3)C(C)C)CC2)cn1C. The van der Waals surface area contributed by atoms with Gasteiger partial charge in [-0.2, -0.15) is 9.57 Å². The van der Waals surface area contributed by atoms with Gasteiger partial charge in [-0.1, -0.05) is 6.07 Å². The number of carbonyl (C=O) groups excluding carboxylic acids is 1. The molecule has 1 amide bonds. The second-order valence-corrected chi connectivity index (χ2v) is 9.76. The number of amides is 1. The third kappa shape index (κ3) is 4.25. The fraction of sp³-hybridized carbons (Fsp3) is 0.476. The smallest absolute Gasteiger partial charge is 0.262 e.